The second-order valence-corrected chi connectivity index (χ2v) is 14.5. The molecule has 1 aromatic carbocycles. The SMILES string of the molecule is CC1=C2C[C@H]3[C@@H](CC[C@@H]4CCCC[C@@]43C)[C@@H]2CC[C@@]2(C1)O[C@@H]1CCCN(C(=O)OCc3ccccc3)[C@H]1[C@H]2C. The number of carbonyl (C=O) groups excluding carboxylic acids is 1. The van der Waals surface area contributed by atoms with Crippen molar-refractivity contribution in [3.05, 3.63) is 47.0 Å². The molecule has 9 atom stereocenters. The minimum absolute atomic E-state index is 0.127. The van der Waals surface area contributed by atoms with E-state index < -0.39 is 0 Å². The van der Waals surface area contributed by atoms with Gasteiger partial charge in [-0.15, -0.1) is 0 Å². The number of rotatable bonds is 2. The van der Waals surface area contributed by atoms with Gasteiger partial charge in [0.25, 0.3) is 0 Å². The van der Waals surface area contributed by atoms with Crippen LogP contribution >= 0.6 is 0 Å². The Morgan fingerprint density at radius 2 is 1.90 bits per heavy atom. The molecule has 212 valence electrons. The molecule has 2 heterocycles. The predicted octanol–water partition coefficient (Wildman–Crippen LogP) is 8.30. The van der Waals surface area contributed by atoms with E-state index in [1.807, 2.05) is 40.8 Å². The average Bonchev–Trinajstić information content (AvgIpc) is 3.42. The zero-order valence-corrected chi connectivity index (χ0v) is 24.5. The fourth-order valence-corrected chi connectivity index (χ4v) is 10.8. The average molecular weight is 532 g/mol. The first-order chi connectivity index (χ1) is 18.9. The molecule has 39 heavy (non-hydrogen) atoms. The molecule has 0 unspecified atom stereocenters. The normalized spacial score (nSPS) is 43.4. The Morgan fingerprint density at radius 3 is 2.74 bits per heavy atom. The third-order valence-corrected chi connectivity index (χ3v) is 12.9. The summed E-state index contributed by atoms with van der Waals surface area (Å²) in [5, 5.41) is 0. The second-order valence-electron chi connectivity index (χ2n) is 14.5. The van der Waals surface area contributed by atoms with E-state index in [-0.39, 0.29) is 23.8 Å². The van der Waals surface area contributed by atoms with E-state index in [0.29, 0.717) is 17.9 Å². The van der Waals surface area contributed by atoms with Gasteiger partial charge >= 0.3 is 6.09 Å². The molecule has 0 bridgehead atoms. The molecular weight excluding hydrogens is 482 g/mol. The molecule has 5 fully saturated rings. The molecule has 1 spiro atoms. The number of piperidine rings is 1. The molecule has 4 aliphatic carbocycles. The number of allylic oxidation sites excluding steroid dienone is 1. The van der Waals surface area contributed by atoms with E-state index >= 15 is 0 Å². The Labute approximate surface area is 235 Å². The highest BCUT2D eigenvalue weighted by molar-refractivity contribution is 5.68. The number of nitrogens with zero attached hydrogens (tertiary/aromatic N) is 1. The summed E-state index contributed by atoms with van der Waals surface area (Å²) in [6, 6.07) is 10.2. The van der Waals surface area contributed by atoms with Crippen molar-refractivity contribution in [1.29, 1.82) is 0 Å². The van der Waals surface area contributed by atoms with E-state index in [1.165, 1.54) is 51.4 Å². The Hall–Kier alpha value is -1.81. The van der Waals surface area contributed by atoms with E-state index in [9.17, 15) is 4.79 Å². The van der Waals surface area contributed by atoms with Crippen LogP contribution in [0.15, 0.2) is 41.5 Å². The van der Waals surface area contributed by atoms with Crippen LogP contribution in [-0.4, -0.2) is 35.3 Å². The summed E-state index contributed by atoms with van der Waals surface area (Å²) in [7, 11) is 0. The largest absolute Gasteiger partial charge is 0.445 e. The van der Waals surface area contributed by atoms with Crippen molar-refractivity contribution in [2.45, 2.75) is 122 Å². The van der Waals surface area contributed by atoms with Crippen molar-refractivity contribution >= 4 is 6.09 Å². The van der Waals surface area contributed by atoms with Crippen molar-refractivity contribution in [3.8, 4) is 0 Å². The quantitative estimate of drug-likeness (QED) is 0.360. The highest BCUT2D eigenvalue weighted by Crippen LogP contribution is 2.65. The van der Waals surface area contributed by atoms with Crippen LogP contribution in [0.1, 0.15) is 103 Å². The smallest absolute Gasteiger partial charge is 0.410 e. The minimum atomic E-state index is -0.165. The number of fused-ring (bicyclic) bond motifs is 6. The highest BCUT2D eigenvalue weighted by atomic mass is 16.6. The van der Waals surface area contributed by atoms with E-state index in [4.69, 9.17) is 9.47 Å². The molecule has 0 radical (unpaired) electrons. The van der Waals surface area contributed by atoms with Gasteiger partial charge in [0, 0.05) is 12.5 Å². The Kier molecular flexibility index (Phi) is 6.65. The lowest BCUT2D eigenvalue weighted by Gasteiger charge is -2.52. The van der Waals surface area contributed by atoms with E-state index in [2.05, 4.69) is 20.8 Å². The predicted molar refractivity (Wildman–Crippen MR) is 154 cm³/mol. The van der Waals surface area contributed by atoms with Crippen LogP contribution in [0, 0.1) is 35.0 Å². The van der Waals surface area contributed by atoms with Gasteiger partial charge in [-0.1, -0.05) is 68.2 Å². The van der Waals surface area contributed by atoms with Gasteiger partial charge < -0.3 is 14.4 Å². The van der Waals surface area contributed by atoms with Crippen LogP contribution in [0.3, 0.4) is 0 Å². The molecule has 2 aliphatic heterocycles. The highest BCUT2D eigenvalue weighted by Gasteiger charge is 2.60. The van der Waals surface area contributed by atoms with E-state index in [0.717, 1.165) is 61.5 Å². The van der Waals surface area contributed by atoms with Crippen LogP contribution in [0.2, 0.25) is 0 Å². The molecule has 2 saturated heterocycles. The number of amides is 1. The van der Waals surface area contributed by atoms with Gasteiger partial charge in [0.05, 0.1) is 17.7 Å². The molecule has 3 saturated carbocycles. The molecular formula is C35H49NO3. The van der Waals surface area contributed by atoms with Gasteiger partial charge in [-0.05, 0) is 106 Å². The maximum absolute atomic E-state index is 13.4. The van der Waals surface area contributed by atoms with Crippen LogP contribution < -0.4 is 0 Å². The van der Waals surface area contributed by atoms with Crippen molar-refractivity contribution in [2.75, 3.05) is 6.54 Å². The first-order valence-electron chi connectivity index (χ1n) is 16.2. The summed E-state index contributed by atoms with van der Waals surface area (Å²) in [6.45, 7) is 8.61. The molecule has 0 aromatic heterocycles. The summed E-state index contributed by atoms with van der Waals surface area (Å²) in [6.07, 6.45) is 15.6. The van der Waals surface area contributed by atoms with Crippen molar-refractivity contribution < 1.29 is 14.3 Å². The van der Waals surface area contributed by atoms with Crippen LogP contribution in [-0.2, 0) is 16.1 Å². The summed E-state index contributed by atoms with van der Waals surface area (Å²) in [5.74, 6) is 3.84. The van der Waals surface area contributed by atoms with Gasteiger partial charge in [-0.2, -0.15) is 0 Å². The zero-order valence-electron chi connectivity index (χ0n) is 24.5. The zero-order chi connectivity index (χ0) is 26.8. The molecule has 1 aromatic rings. The summed E-state index contributed by atoms with van der Waals surface area (Å²) in [5.41, 5.74) is 4.93. The number of carbonyl (C=O) groups is 1. The van der Waals surface area contributed by atoms with Crippen molar-refractivity contribution in [3.63, 3.8) is 0 Å². The van der Waals surface area contributed by atoms with Crippen LogP contribution in [0.4, 0.5) is 4.79 Å². The summed E-state index contributed by atoms with van der Waals surface area (Å²) < 4.78 is 13.0. The first kappa shape index (κ1) is 26.1. The first-order valence-corrected chi connectivity index (χ1v) is 16.2. The molecule has 6 aliphatic rings. The number of hydrogen-bond donors (Lipinski definition) is 0. The molecule has 0 N–H and O–H groups in total. The lowest BCUT2D eigenvalue weighted by atomic mass is 9.52. The molecule has 7 rings (SSSR count). The van der Waals surface area contributed by atoms with Gasteiger partial charge in [-0.25, -0.2) is 4.79 Å². The third kappa shape index (κ3) is 4.21. The van der Waals surface area contributed by atoms with Crippen molar-refractivity contribution in [2.24, 2.45) is 35.0 Å². The maximum atomic E-state index is 13.4. The lowest BCUT2D eigenvalue weighted by molar-refractivity contribution is -0.0746. The maximum Gasteiger partial charge on any atom is 0.410 e. The molecule has 1 amide bonds. The standard InChI is InChI=1S/C35H49NO3/c1-23-21-35(18-16-27-28-15-14-26-12-7-8-17-34(26,3)30(28)20-29(23)27)24(2)32-31(39-35)13-9-19-36(32)33(37)38-22-25-10-5-4-6-11-25/h4-6,10-11,24,26-28,30-32H,7-9,12-22H2,1-3H3/t24-,26+,27+,28+,30+,31-,32+,34+,35+/m1/s1. The van der Waals surface area contributed by atoms with Crippen molar-refractivity contribution in [1.82, 2.24) is 4.90 Å². The minimum Gasteiger partial charge on any atom is -0.445 e. The number of benzene rings is 1. The van der Waals surface area contributed by atoms with Crippen LogP contribution in [0.5, 0.6) is 0 Å². The Balaban J connectivity index is 1.10. The third-order valence-electron chi connectivity index (χ3n) is 12.9. The monoisotopic (exact) mass is 531 g/mol. The second kappa shape index (κ2) is 9.93. The van der Waals surface area contributed by atoms with Gasteiger partial charge in [0.15, 0.2) is 0 Å². The Bertz CT molecular complexity index is 1110. The fourth-order valence-electron chi connectivity index (χ4n) is 10.8. The lowest BCUT2D eigenvalue weighted by Crippen LogP contribution is -2.52. The fraction of sp³-hybridized carbons (Fsp3) is 0.743. The van der Waals surface area contributed by atoms with E-state index in [1.54, 1.807) is 5.57 Å². The van der Waals surface area contributed by atoms with Gasteiger partial charge in [-0.3, -0.25) is 0 Å². The summed E-state index contributed by atoms with van der Waals surface area (Å²) in [4.78, 5) is 15.4. The topological polar surface area (TPSA) is 38.8 Å². The van der Waals surface area contributed by atoms with Gasteiger partial charge in [0.1, 0.15) is 6.61 Å². The number of likely N-dealkylation sites (tertiary alicyclic amines) is 1. The molecule has 4 nitrogen and oxygen atoms in total. The number of ether oxygens (including phenoxy) is 2. The van der Waals surface area contributed by atoms with Gasteiger partial charge in [0.2, 0.25) is 0 Å². The Morgan fingerprint density at radius 1 is 1.05 bits per heavy atom. The number of hydrogen-bond acceptors (Lipinski definition) is 3. The summed E-state index contributed by atoms with van der Waals surface area (Å²) >= 11 is 0. The molecule has 4 heteroatoms. The van der Waals surface area contributed by atoms with Crippen LogP contribution in [0.25, 0.3) is 0 Å².